The number of carbonyl (C=O) groups is 1. The number of amides is 1. The van der Waals surface area contributed by atoms with Crippen LogP contribution in [-0.4, -0.2) is 22.8 Å². The molecule has 1 amide bonds. The first-order valence-electron chi connectivity index (χ1n) is 6.88. The molecule has 0 fully saturated rings. The molecule has 0 aliphatic carbocycles. The van der Waals surface area contributed by atoms with Crippen molar-refractivity contribution in [2.45, 2.75) is 33.7 Å². The zero-order valence-corrected chi connectivity index (χ0v) is 16.4. The van der Waals surface area contributed by atoms with Crippen molar-refractivity contribution in [1.29, 1.82) is 0 Å². The number of aromatic nitrogens is 1. The summed E-state index contributed by atoms with van der Waals surface area (Å²) in [5, 5.41) is 1.02. The summed E-state index contributed by atoms with van der Waals surface area (Å²) in [6.07, 6.45) is 0. The highest BCUT2D eigenvalue weighted by molar-refractivity contribution is 7.11. The summed E-state index contributed by atoms with van der Waals surface area (Å²) < 4.78 is 0. The number of hydrogen-bond acceptors (Lipinski definition) is 4. The number of nitrogens with two attached hydrogens (primary N) is 1. The van der Waals surface area contributed by atoms with Crippen molar-refractivity contribution in [2.75, 3.05) is 12.8 Å². The molecule has 23 heavy (non-hydrogen) atoms. The van der Waals surface area contributed by atoms with Crippen molar-refractivity contribution in [3.05, 3.63) is 44.9 Å². The van der Waals surface area contributed by atoms with Crippen molar-refractivity contribution in [1.82, 2.24) is 9.88 Å². The Kier molecular flexibility index (Phi) is 8.04. The van der Waals surface area contributed by atoms with Crippen LogP contribution in [0.5, 0.6) is 0 Å². The average molecular weight is 376 g/mol. The molecule has 0 bridgehead atoms. The van der Waals surface area contributed by atoms with E-state index in [0.717, 1.165) is 21.1 Å². The van der Waals surface area contributed by atoms with Crippen LogP contribution in [0, 0.1) is 20.8 Å². The molecule has 0 saturated heterocycles. The van der Waals surface area contributed by atoms with Crippen molar-refractivity contribution in [3.63, 3.8) is 0 Å². The zero-order chi connectivity index (χ0) is 15.7. The smallest absolute Gasteiger partial charge is 0.254 e. The first-order chi connectivity index (χ1) is 9.81. The molecule has 0 saturated carbocycles. The SMILES string of the molecule is Cc1nc(C)c(C(C)N(C)C(=O)c2cc(N)ccc2C)s1.Cl.Cl. The Morgan fingerprint density at radius 3 is 2.39 bits per heavy atom. The third-order valence-electron chi connectivity index (χ3n) is 3.71. The van der Waals surface area contributed by atoms with Crippen molar-refractivity contribution < 1.29 is 4.79 Å². The summed E-state index contributed by atoms with van der Waals surface area (Å²) in [5.74, 6) is -0.0160. The molecule has 1 unspecified atom stereocenters. The van der Waals surface area contributed by atoms with Gasteiger partial charge in [-0.3, -0.25) is 4.79 Å². The normalized spacial score (nSPS) is 11.2. The lowest BCUT2D eigenvalue weighted by molar-refractivity contribution is 0.0744. The molecule has 1 aromatic heterocycles. The van der Waals surface area contributed by atoms with Crippen LogP contribution < -0.4 is 5.73 Å². The lowest BCUT2D eigenvalue weighted by atomic mass is 10.1. The van der Waals surface area contributed by atoms with Crippen LogP contribution in [-0.2, 0) is 0 Å². The molecule has 4 nitrogen and oxygen atoms in total. The second-order valence-corrected chi connectivity index (χ2v) is 6.58. The van der Waals surface area contributed by atoms with Gasteiger partial charge in [0.2, 0.25) is 0 Å². The molecule has 1 heterocycles. The van der Waals surface area contributed by atoms with Crippen LogP contribution in [0.15, 0.2) is 18.2 Å². The number of benzene rings is 1. The van der Waals surface area contributed by atoms with E-state index >= 15 is 0 Å². The van der Waals surface area contributed by atoms with Gasteiger partial charge >= 0.3 is 0 Å². The van der Waals surface area contributed by atoms with Gasteiger partial charge in [0.25, 0.3) is 5.91 Å². The van der Waals surface area contributed by atoms with Crippen LogP contribution >= 0.6 is 36.2 Å². The summed E-state index contributed by atoms with van der Waals surface area (Å²) >= 11 is 1.64. The number of nitrogens with zero attached hydrogens (tertiary/aromatic N) is 2. The minimum atomic E-state index is -0.0160. The highest BCUT2D eigenvalue weighted by atomic mass is 35.5. The predicted molar refractivity (Wildman–Crippen MR) is 102 cm³/mol. The van der Waals surface area contributed by atoms with E-state index in [1.54, 1.807) is 22.3 Å². The summed E-state index contributed by atoms with van der Waals surface area (Å²) in [6.45, 7) is 7.92. The predicted octanol–water partition coefficient (Wildman–Crippen LogP) is 4.33. The number of halogens is 2. The maximum atomic E-state index is 12.7. The van der Waals surface area contributed by atoms with Crippen molar-refractivity contribution in [3.8, 4) is 0 Å². The Morgan fingerprint density at radius 2 is 1.87 bits per heavy atom. The van der Waals surface area contributed by atoms with Crippen molar-refractivity contribution >= 4 is 47.7 Å². The van der Waals surface area contributed by atoms with E-state index in [-0.39, 0.29) is 36.8 Å². The highest BCUT2D eigenvalue weighted by Gasteiger charge is 2.23. The summed E-state index contributed by atoms with van der Waals surface area (Å²) in [7, 11) is 1.82. The van der Waals surface area contributed by atoms with E-state index in [1.165, 1.54) is 0 Å². The van der Waals surface area contributed by atoms with Crippen LogP contribution in [0.3, 0.4) is 0 Å². The maximum Gasteiger partial charge on any atom is 0.254 e. The molecule has 0 radical (unpaired) electrons. The zero-order valence-electron chi connectivity index (χ0n) is 13.9. The van der Waals surface area contributed by atoms with Gasteiger partial charge in [0.1, 0.15) is 0 Å². The first kappa shape index (κ1) is 21.7. The van der Waals surface area contributed by atoms with Gasteiger partial charge in [-0.05, 0) is 45.4 Å². The lowest BCUT2D eigenvalue weighted by Crippen LogP contribution is -2.30. The molecule has 7 heteroatoms. The topological polar surface area (TPSA) is 59.2 Å². The third kappa shape index (κ3) is 4.59. The molecule has 0 aliphatic heterocycles. The monoisotopic (exact) mass is 375 g/mol. The Morgan fingerprint density at radius 1 is 1.26 bits per heavy atom. The van der Waals surface area contributed by atoms with Gasteiger partial charge in [0.15, 0.2) is 0 Å². The fourth-order valence-electron chi connectivity index (χ4n) is 2.35. The fraction of sp³-hybridized carbons (Fsp3) is 0.375. The molecule has 128 valence electrons. The molecule has 2 rings (SSSR count). The Bertz CT molecular complexity index is 688. The van der Waals surface area contributed by atoms with Gasteiger partial charge in [-0.15, -0.1) is 36.2 Å². The quantitative estimate of drug-likeness (QED) is 0.812. The van der Waals surface area contributed by atoms with E-state index in [0.29, 0.717) is 11.3 Å². The third-order valence-corrected chi connectivity index (χ3v) is 4.96. The van der Waals surface area contributed by atoms with Gasteiger partial charge < -0.3 is 10.6 Å². The van der Waals surface area contributed by atoms with Crippen LogP contribution in [0.1, 0.15) is 44.5 Å². The number of aryl methyl sites for hydroxylation is 3. The van der Waals surface area contributed by atoms with E-state index in [4.69, 9.17) is 5.73 Å². The van der Waals surface area contributed by atoms with E-state index in [1.807, 2.05) is 46.9 Å². The van der Waals surface area contributed by atoms with E-state index in [2.05, 4.69) is 4.98 Å². The lowest BCUT2D eigenvalue weighted by Gasteiger charge is -2.25. The van der Waals surface area contributed by atoms with Crippen LogP contribution in [0.2, 0.25) is 0 Å². The summed E-state index contributed by atoms with van der Waals surface area (Å²) in [5.41, 5.74) is 8.99. The Labute approximate surface area is 153 Å². The average Bonchev–Trinajstić information content (AvgIpc) is 2.78. The van der Waals surface area contributed by atoms with Gasteiger partial charge in [-0.1, -0.05) is 6.07 Å². The number of hydrogen-bond donors (Lipinski definition) is 1. The number of anilines is 1. The van der Waals surface area contributed by atoms with Gasteiger partial charge in [-0.25, -0.2) is 4.98 Å². The largest absolute Gasteiger partial charge is 0.399 e. The molecular formula is C16H23Cl2N3OS. The van der Waals surface area contributed by atoms with Gasteiger partial charge in [0.05, 0.1) is 16.7 Å². The number of carbonyl (C=O) groups excluding carboxylic acids is 1. The van der Waals surface area contributed by atoms with Crippen LogP contribution in [0.25, 0.3) is 0 Å². The van der Waals surface area contributed by atoms with Gasteiger partial charge in [-0.2, -0.15) is 0 Å². The number of nitrogen functional groups attached to an aromatic ring is 1. The minimum Gasteiger partial charge on any atom is -0.399 e. The molecule has 0 aliphatic rings. The Hall–Kier alpha value is -1.30. The van der Waals surface area contributed by atoms with E-state index in [9.17, 15) is 4.79 Å². The standard InChI is InChI=1S/C16H21N3OS.2ClH/c1-9-6-7-13(17)8-14(9)16(20)19(5)11(3)15-10(2)18-12(4)21-15;;/h6-8,11H,17H2,1-5H3;2*1H. The molecule has 1 aromatic carbocycles. The number of rotatable bonds is 3. The maximum absolute atomic E-state index is 12.7. The second-order valence-electron chi connectivity index (χ2n) is 5.35. The summed E-state index contributed by atoms with van der Waals surface area (Å²) in [4.78, 5) is 20.0. The highest BCUT2D eigenvalue weighted by Crippen LogP contribution is 2.29. The second kappa shape index (κ2) is 8.52. The Balaban J connectivity index is 0.00000242. The molecule has 2 N–H and O–H groups in total. The van der Waals surface area contributed by atoms with Crippen LogP contribution in [0.4, 0.5) is 5.69 Å². The molecule has 1 atom stereocenters. The summed E-state index contributed by atoms with van der Waals surface area (Å²) in [6, 6.07) is 5.42. The molecule has 2 aromatic rings. The van der Waals surface area contributed by atoms with E-state index < -0.39 is 0 Å². The molecular weight excluding hydrogens is 353 g/mol. The fourth-order valence-corrected chi connectivity index (χ4v) is 3.37. The minimum absolute atomic E-state index is 0. The number of thiazole rings is 1. The van der Waals surface area contributed by atoms with Crippen molar-refractivity contribution in [2.24, 2.45) is 0 Å². The van der Waals surface area contributed by atoms with Gasteiger partial charge in [0, 0.05) is 23.2 Å². The first-order valence-corrected chi connectivity index (χ1v) is 7.70. The molecule has 0 spiro atoms.